The molecule has 172 valence electrons. The zero-order valence-corrected chi connectivity index (χ0v) is 18.3. The largest absolute Gasteiger partial charge is 0.442 e. The van der Waals surface area contributed by atoms with Gasteiger partial charge in [-0.3, -0.25) is 14.7 Å². The van der Waals surface area contributed by atoms with Gasteiger partial charge in [0.25, 0.3) is 0 Å². The summed E-state index contributed by atoms with van der Waals surface area (Å²) in [6.07, 6.45) is 1.17. The number of nitrogens with zero attached hydrogens (tertiary/aromatic N) is 4. The summed E-state index contributed by atoms with van der Waals surface area (Å²) in [5, 5.41) is 13.9. The standard InChI is InChI=1S/C24H21FN6O3/c1-14(32)26-12-20-13-31(24(33)34-20)19-5-6-21(22(25)10-19)15-3-7-23-16(8-15)2-4-17(28-23)9-18-11-27-30-29-18/h2-8,10-11,20H,9,12-13H2,1H3,(H,26,32)(H,27,29,30)/t20-/m0/s1. The molecule has 2 aromatic carbocycles. The van der Waals surface area contributed by atoms with Crippen molar-refractivity contribution in [3.63, 3.8) is 0 Å². The maximum atomic E-state index is 15.1. The normalized spacial score (nSPS) is 15.5. The fourth-order valence-electron chi connectivity index (χ4n) is 3.93. The molecular formula is C24H21FN6O3. The molecule has 0 saturated carbocycles. The van der Waals surface area contributed by atoms with E-state index in [2.05, 4.69) is 25.7 Å². The number of rotatable bonds is 6. The van der Waals surface area contributed by atoms with Crippen molar-refractivity contribution in [2.24, 2.45) is 0 Å². The minimum Gasteiger partial charge on any atom is -0.442 e. The van der Waals surface area contributed by atoms with Crippen LogP contribution in [0.1, 0.15) is 18.3 Å². The van der Waals surface area contributed by atoms with Crippen molar-refractivity contribution in [1.29, 1.82) is 0 Å². The molecule has 2 aromatic heterocycles. The first-order valence-electron chi connectivity index (χ1n) is 10.7. The van der Waals surface area contributed by atoms with Crippen molar-refractivity contribution in [3.8, 4) is 11.1 Å². The highest BCUT2D eigenvalue weighted by atomic mass is 19.1. The Morgan fingerprint density at radius 2 is 2.09 bits per heavy atom. The number of benzene rings is 2. The number of carbonyl (C=O) groups is 2. The summed E-state index contributed by atoms with van der Waals surface area (Å²) >= 11 is 0. The molecule has 1 saturated heterocycles. The maximum absolute atomic E-state index is 15.1. The van der Waals surface area contributed by atoms with E-state index in [1.54, 1.807) is 18.3 Å². The Morgan fingerprint density at radius 3 is 2.85 bits per heavy atom. The molecule has 1 fully saturated rings. The van der Waals surface area contributed by atoms with Crippen molar-refractivity contribution < 1.29 is 18.7 Å². The van der Waals surface area contributed by atoms with E-state index < -0.39 is 18.0 Å². The van der Waals surface area contributed by atoms with Crippen molar-refractivity contribution in [1.82, 2.24) is 25.7 Å². The lowest BCUT2D eigenvalue weighted by molar-refractivity contribution is -0.119. The molecule has 4 aromatic rings. The molecular weight excluding hydrogens is 439 g/mol. The fourth-order valence-corrected chi connectivity index (χ4v) is 3.93. The summed E-state index contributed by atoms with van der Waals surface area (Å²) in [4.78, 5) is 29.3. The molecule has 1 atom stereocenters. The van der Waals surface area contributed by atoms with E-state index in [4.69, 9.17) is 4.74 Å². The molecule has 0 unspecified atom stereocenters. The smallest absolute Gasteiger partial charge is 0.414 e. The molecule has 2 N–H and O–H groups in total. The number of ether oxygens (including phenoxy) is 1. The van der Waals surface area contributed by atoms with Crippen LogP contribution in [0, 0.1) is 5.82 Å². The van der Waals surface area contributed by atoms with Gasteiger partial charge in [-0.05, 0) is 42.0 Å². The lowest BCUT2D eigenvalue weighted by atomic mass is 10.0. The van der Waals surface area contributed by atoms with Gasteiger partial charge >= 0.3 is 6.09 Å². The molecule has 10 heteroatoms. The highest BCUT2D eigenvalue weighted by Crippen LogP contribution is 2.30. The number of aromatic nitrogens is 4. The number of hydrogen-bond donors (Lipinski definition) is 2. The Balaban J connectivity index is 1.35. The Morgan fingerprint density at radius 1 is 1.21 bits per heavy atom. The molecule has 3 heterocycles. The summed E-state index contributed by atoms with van der Waals surface area (Å²) in [6.45, 7) is 1.84. The van der Waals surface area contributed by atoms with Crippen LogP contribution in [0.3, 0.4) is 0 Å². The van der Waals surface area contributed by atoms with Gasteiger partial charge in [0.05, 0.1) is 36.2 Å². The minimum atomic E-state index is -0.569. The number of hydrogen-bond acceptors (Lipinski definition) is 6. The monoisotopic (exact) mass is 460 g/mol. The molecule has 0 bridgehead atoms. The van der Waals surface area contributed by atoms with Gasteiger partial charge in [0, 0.05) is 30.0 Å². The van der Waals surface area contributed by atoms with Crippen molar-refractivity contribution in [3.05, 3.63) is 71.9 Å². The van der Waals surface area contributed by atoms with Crippen LogP contribution < -0.4 is 10.2 Å². The number of fused-ring (bicyclic) bond motifs is 1. The number of H-pyrrole nitrogens is 1. The van der Waals surface area contributed by atoms with Crippen molar-refractivity contribution in [2.45, 2.75) is 19.4 Å². The van der Waals surface area contributed by atoms with E-state index in [1.807, 2.05) is 30.3 Å². The maximum Gasteiger partial charge on any atom is 0.414 e. The molecule has 9 nitrogen and oxygen atoms in total. The van der Waals surface area contributed by atoms with Gasteiger partial charge in [0.2, 0.25) is 5.91 Å². The molecule has 1 aliphatic rings. The predicted octanol–water partition coefficient (Wildman–Crippen LogP) is 3.21. The number of amides is 2. The molecule has 5 rings (SSSR count). The molecule has 0 aliphatic carbocycles. The summed E-state index contributed by atoms with van der Waals surface area (Å²) in [5.41, 5.74) is 3.98. The molecule has 2 amide bonds. The fraction of sp³-hybridized carbons (Fsp3) is 0.208. The van der Waals surface area contributed by atoms with Gasteiger partial charge < -0.3 is 10.1 Å². The topological polar surface area (TPSA) is 113 Å². The van der Waals surface area contributed by atoms with E-state index in [0.29, 0.717) is 23.2 Å². The number of cyclic esters (lactones) is 1. The van der Waals surface area contributed by atoms with Gasteiger partial charge in [-0.2, -0.15) is 15.4 Å². The Kier molecular flexibility index (Phi) is 5.62. The minimum absolute atomic E-state index is 0.207. The lowest BCUT2D eigenvalue weighted by Gasteiger charge is -2.15. The first kappa shape index (κ1) is 21.5. The Bertz CT molecular complexity index is 1370. The summed E-state index contributed by atoms with van der Waals surface area (Å²) in [5.74, 6) is -0.660. The Labute approximate surface area is 193 Å². The highest BCUT2D eigenvalue weighted by molar-refractivity contribution is 5.91. The summed E-state index contributed by atoms with van der Waals surface area (Å²) in [6, 6.07) is 14.1. The quantitative estimate of drug-likeness (QED) is 0.457. The molecule has 34 heavy (non-hydrogen) atoms. The first-order valence-corrected chi connectivity index (χ1v) is 10.7. The van der Waals surface area contributed by atoms with Crippen LogP contribution in [0.4, 0.5) is 14.9 Å². The van der Waals surface area contributed by atoms with Crippen LogP contribution in [-0.4, -0.2) is 51.6 Å². The number of carbonyl (C=O) groups excluding carboxylic acids is 2. The lowest BCUT2D eigenvalue weighted by Crippen LogP contribution is -2.33. The molecule has 0 spiro atoms. The average Bonchev–Trinajstić information content (AvgIpc) is 3.46. The van der Waals surface area contributed by atoms with Crippen LogP contribution in [-0.2, 0) is 16.0 Å². The van der Waals surface area contributed by atoms with E-state index in [1.165, 1.54) is 17.9 Å². The summed E-state index contributed by atoms with van der Waals surface area (Å²) < 4.78 is 20.3. The van der Waals surface area contributed by atoms with Crippen molar-refractivity contribution in [2.75, 3.05) is 18.0 Å². The molecule has 0 radical (unpaired) electrons. The average molecular weight is 460 g/mol. The van der Waals surface area contributed by atoms with E-state index >= 15 is 4.39 Å². The van der Waals surface area contributed by atoms with Gasteiger partial charge in [0.15, 0.2) is 0 Å². The van der Waals surface area contributed by atoms with Gasteiger partial charge in [-0.25, -0.2) is 9.18 Å². The van der Waals surface area contributed by atoms with Crippen LogP contribution in [0.2, 0.25) is 0 Å². The van der Waals surface area contributed by atoms with Crippen LogP contribution in [0.5, 0.6) is 0 Å². The zero-order chi connectivity index (χ0) is 23.7. The zero-order valence-electron chi connectivity index (χ0n) is 18.3. The number of aromatic amines is 1. The van der Waals surface area contributed by atoms with Gasteiger partial charge in [0.1, 0.15) is 11.9 Å². The summed E-state index contributed by atoms with van der Waals surface area (Å²) in [7, 11) is 0. The highest BCUT2D eigenvalue weighted by Gasteiger charge is 2.32. The van der Waals surface area contributed by atoms with E-state index in [-0.39, 0.29) is 19.0 Å². The van der Waals surface area contributed by atoms with Crippen LogP contribution in [0.25, 0.3) is 22.0 Å². The van der Waals surface area contributed by atoms with Crippen LogP contribution >= 0.6 is 0 Å². The van der Waals surface area contributed by atoms with Gasteiger partial charge in [-0.1, -0.05) is 12.1 Å². The van der Waals surface area contributed by atoms with E-state index in [9.17, 15) is 9.59 Å². The third-order valence-corrected chi connectivity index (χ3v) is 5.60. The molecule has 1 aliphatic heterocycles. The SMILES string of the molecule is CC(=O)NC[C@H]1CN(c2ccc(-c3ccc4nc(Cc5cn[nH]n5)ccc4c3)c(F)c2)C(=O)O1. The number of pyridine rings is 1. The number of anilines is 1. The van der Waals surface area contributed by atoms with Gasteiger partial charge in [-0.15, -0.1) is 0 Å². The second kappa shape index (κ2) is 8.89. The third kappa shape index (κ3) is 4.42. The van der Waals surface area contributed by atoms with Crippen LogP contribution in [0.15, 0.2) is 54.7 Å². The third-order valence-electron chi connectivity index (χ3n) is 5.60. The second-order valence-electron chi connectivity index (χ2n) is 8.07. The Hall–Kier alpha value is -4.34. The number of nitrogens with one attached hydrogen (secondary N) is 2. The van der Waals surface area contributed by atoms with E-state index in [0.717, 1.165) is 22.3 Å². The number of halogens is 1. The van der Waals surface area contributed by atoms with Crippen molar-refractivity contribution >= 4 is 28.6 Å². The predicted molar refractivity (Wildman–Crippen MR) is 123 cm³/mol. The second-order valence-corrected chi connectivity index (χ2v) is 8.07. The first-order chi connectivity index (χ1) is 16.5.